The van der Waals surface area contributed by atoms with Gasteiger partial charge in [0.1, 0.15) is 6.07 Å². The van der Waals surface area contributed by atoms with E-state index in [1.807, 2.05) is 78.9 Å². The molecule has 0 radical (unpaired) electrons. The molecule has 0 aromatic heterocycles. The molecule has 2 aliphatic rings. The monoisotopic (exact) mass is 478 g/mol. The zero-order valence-electron chi connectivity index (χ0n) is 19.6. The average Bonchev–Trinajstić information content (AvgIpc) is 2.89. The van der Waals surface area contributed by atoms with Crippen LogP contribution >= 0.6 is 0 Å². The number of carbonyl (C=O) groups is 2. The van der Waals surface area contributed by atoms with E-state index in [4.69, 9.17) is 4.74 Å². The number of carboxylic acids is 1. The van der Waals surface area contributed by atoms with E-state index in [0.717, 1.165) is 28.7 Å². The van der Waals surface area contributed by atoms with E-state index in [-0.39, 0.29) is 5.91 Å². The van der Waals surface area contributed by atoms with Gasteiger partial charge in [0.25, 0.3) is 0 Å². The molecule has 180 valence electrons. The van der Waals surface area contributed by atoms with Crippen LogP contribution in [0, 0.1) is 23.2 Å². The van der Waals surface area contributed by atoms with Gasteiger partial charge in [-0.1, -0.05) is 72.8 Å². The van der Waals surface area contributed by atoms with Gasteiger partial charge in [0.15, 0.2) is 0 Å². The van der Waals surface area contributed by atoms with Crippen molar-refractivity contribution in [2.45, 2.75) is 18.3 Å². The molecule has 0 spiro atoms. The lowest BCUT2D eigenvalue weighted by Gasteiger charge is -2.49. The summed E-state index contributed by atoms with van der Waals surface area (Å²) in [5.41, 5.74) is 4.48. The second-order valence-electron chi connectivity index (χ2n) is 9.18. The molecule has 2 N–H and O–H groups in total. The Morgan fingerprint density at radius 3 is 2.08 bits per heavy atom. The fourth-order valence-electron chi connectivity index (χ4n) is 5.51. The van der Waals surface area contributed by atoms with Crippen molar-refractivity contribution >= 4 is 23.1 Å². The first kappa shape index (κ1) is 23.5. The fourth-order valence-corrected chi connectivity index (χ4v) is 5.51. The summed E-state index contributed by atoms with van der Waals surface area (Å²) >= 11 is 0. The van der Waals surface area contributed by atoms with Crippen LogP contribution in [0.5, 0.6) is 0 Å². The molecular formula is C30H26N2O4. The zero-order valence-corrected chi connectivity index (χ0v) is 19.6. The summed E-state index contributed by atoms with van der Waals surface area (Å²) in [6.07, 6.45) is 2.77. The summed E-state index contributed by atoms with van der Waals surface area (Å²) in [6, 6.07) is 26.3. The summed E-state index contributed by atoms with van der Waals surface area (Å²) in [4.78, 5) is 26.2. The Labute approximate surface area is 209 Å². The van der Waals surface area contributed by atoms with Gasteiger partial charge in [-0.25, -0.2) is 0 Å². The number of nitriles is 1. The van der Waals surface area contributed by atoms with Crippen LogP contribution in [0.4, 0.5) is 5.69 Å². The Bertz CT molecular complexity index is 1300. The third-order valence-electron chi connectivity index (χ3n) is 7.24. The number of carbonyl (C=O) groups excluding carboxylic acids is 1. The zero-order chi connectivity index (χ0) is 25.1. The van der Waals surface area contributed by atoms with Crippen molar-refractivity contribution < 1.29 is 19.4 Å². The normalized spacial score (nSPS) is 23.0. The lowest BCUT2D eigenvalue weighted by Crippen LogP contribution is -2.52. The molecule has 3 aromatic carbocycles. The van der Waals surface area contributed by atoms with Crippen molar-refractivity contribution in [3.63, 3.8) is 0 Å². The topological polar surface area (TPSA) is 99.4 Å². The number of carboxylic acid groups (broad SMARTS) is 1. The van der Waals surface area contributed by atoms with Crippen LogP contribution < -0.4 is 5.32 Å². The van der Waals surface area contributed by atoms with Crippen LogP contribution in [0.15, 0.2) is 84.9 Å². The first-order valence-corrected chi connectivity index (χ1v) is 12.0. The largest absolute Gasteiger partial charge is 0.481 e. The number of hydrogen-bond acceptors (Lipinski definition) is 4. The molecule has 3 aromatic rings. The molecule has 6 heteroatoms. The smallest absolute Gasteiger partial charge is 0.307 e. The number of hydrogen-bond donors (Lipinski definition) is 2. The third kappa shape index (κ3) is 4.41. The third-order valence-corrected chi connectivity index (χ3v) is 7.24. The molecule has 5 rings (SSSR count). The van der Waals surface area contributed by atoms with Crippen molar-refractivity contribution in [2.24, 2.45) is 11.8 Å². The van der Waals surface area contributed by atoms with E-state index in [1.54, 1.807) is 6.07 Å². The number of aliphatic carboxylic acids is 1. The predicted molar refractivity (Wildman–Crippen MR) is 136 cm³/mol. The van der Waals surface area contributed by atoms with Crippen LogP contribution in [0.3, 0.4) is 0 Å². The highest BCUT2D eigenvalue weighted by molar-refractivity contribution is 5.98. The molecule has 6 nitrogen and oxygen atoms in total. The number of amides is 1. The summed E-state index contributed by atoms with van der Waals surface area (Å²) < 4.78 is 5.41. The van der Waals surface area contributed by atoms with Gasteiger partial charge in [-0.05, 0) is 40.8 Å². The molecule has 1 amide bonds. The minimum atomic E-state index is -0.923. The predicted octanol–water partition coefficient (Wildman–Crippen LogP) is 5.20. The highest BCUT2D eigenvalue weighted by atomic mass is 16.5. The van der Waals surface area contributed by atoms with Gasteiger partial charge >= 0.3 is 5.97 Å². The minimum absolute atomic E-state index is 0.287. The Morgan fingerprint density at radius 2 is 1.56 bits per heavy atom. The molecule has 0 saturated heterocycles. The number of rotatable bonds is 6. The minimum Gasteiger partial charge on any atom is -0.481 e. The number of nitrogens with zero attached hydrogens (tertiary/aromatic N) is 1. The summed E-state index contributed by atoms with van der Waals surface area (Å²) in [5, 5.41) is 22.9. The van der Waals surface area contributed by atoms with E-state index in [1.165, 1.54) is 0 Å². The molecule has 1 aliphatic carbocycles. The Kier molecular flexibility index (Phi) is 6.66. The quantitative estimate of drug-likeness (QED) is 0.507. The van der Waals surface area contributed by atoms with Gasteiger partial charge in [0, 0.05) is 11.8 Å². The maximum absolute atomic E-state index is 13.8. The molecule has 0 unspecified atom stereocenters. The molecule has 2 atom stereocenters. The summed E-state index contributed by atoms with van der Waals surface area (Å²) in [6.45, 7) is 1.16. The van der Waals surface area contributed by atoms with Crippen LogP contribution in [-0.2, 0) is 14.3 Å². The SMILES string of the molecule is N#Cc1ccc(C2=CCOCC2)cc1NC(=O)C1[C@@H](c2ccccc2)C(C(=O)O)[C@@H]1c1ccccc1. The molecule has 1 fully saturated rings. The van der Waals surface area contributed by atoms with Crippen molar-refractivity contribution in [2.75, 3.05) is 18.5 Å². The van der Waals surface area contributed by atoms with Gasteiger partial charge in [-0.2, -0.15) is 5.26 Å². The maximum atomic E-state index is 13.8. The molecular weight excluding hydrogens is 452 g/mol. The molecule has 1 saturated carbocycles. The van der Waals surface area contributed by atoms with E-state index < -0.39 is 29.6 Å². The first-order chi connectivity index (χ1) is 17.6. The van der Waals surface area contributed by atoms with Crippen LogP contribution in [0.1, 0.15) is 40.5 Å². The van der Waals surface area contributed by atoms with E-state index in [0.29, 0.717) is 24.5 Å². The second kappa shape index (κ2) is 10.2. The van der Waals surface area contributed by atoms with E-state index in [2.05, 4.69) is 11.4 Å². The number of ether oxygens (including phenoxy) is 1. The van der Waals surface area contributed by atoms with Gasteiger partial charge in [-0.3, -0.25) is 9.59 Å². The Hall–Kier alpha value is -4.21. The van der Waals surface area contributed by atoms with Crippen LogP contribution in [0.2, 0.25) is 0 Å². The molecule has 36 heavy (non-hydrogen) atoms. The lowest BCUT2D eigenvalue weighted by atomic mass is 9.52. The molecule has 0 bridgehead atoms. The lowest BCUT2D eigenvalue weighted by molar-refractivity contribution is -0.152. The second-order valence-corrected chi connectivity index (χ2v) is 9.18. The highest BCUT2D eigenvalue weighted by Crippen LogP contribution is 2.58. The van der Waals surface area contributed by atoms with Gasteiger partial charge in [-0.15, -0.1) is 0 Å². The molecule has 1 heterocycles. The van der Waals surface area contributed by atoms with Crippen molar-refractivity contribution in [1.29, 1.82) is 5.26 Å². The number of nitrogens with one attached hydrogen (secondary N) is 1. The highest BCUT2D eigenvalue weighted by Gasteiger charge is 2.58. The Balaban J connectivity index is 1.52. The number of anilines is 1. The van der Waals surface area contributed by atoms with Gasteiger partial charge in [0.05, 0.1) is 36.3 Å². The van der Waals surface area contributed by atoms with E-state index >= 15 is 0 Å². The van der Waals surface area contributed by atoms with Crippen LogP contribution in [0.25, 0.3) is 5.57 Å². The molecule has 1 aliphatic heterocycles. The van der Waals surface area contributed by atoms with Gasteiger partial charge < -0.3 is 15.2 Å². The van der Waals surface area contributed by atoms with Crippen molar-refractivity contribution in [3.05, 3.63) is 107 Å². The Morgan fingerprint density at radius 1 is 0.917 bits per heavy atom. The van der Waals surface area contributed by atoms with Gasteiger partial charge in [0.2, 0.25) is 5.91 Å². The van der Waals surface area contributed by atoms with E-state index in [9.17, 15) is 20.0 Å². The summed E-state index contributed by atoms with van der Waals surface area (Å²) in [7, 11) is 0. The fraction of sp³-hybridized carbons (Fsp3) is 0.233. The maximum Gasteiger partial charge on any atom is 0.307 e. The summed E-state index contributed by atoms with van der Waals surface area (Å²) in [5.74, 6) is -3.52. The standard InChI is InChI=1S/C30H26N2O4/c31-18-23-12-11-22(19-13-15-36-16-14-19)17-24(23)32-29(33)27-25(20-7-3-1-4-8-20)28(30(34)35)26(27)21-9-5-2-6-10-21/h1-13,17,25-28H,14-16H2,(H,32,33)(H,34,35)/t25-,26-,27?,28?/m1/s1. The van der Waals surface area contributed by atoms with Crippen molar-refractivity contribution in [1.82, 2.24) is 0 Å². The average molecular weight is 479 g/mol. The number of benzene rings is 3. The van der Waals surface area contributed by atoms with Crippen LogP contribution in [-0.4, -0.2) is 30.2 Å². The first-order valence-electron chi connectivity index (χ1n) is 12.0. The van der Waals surface area contributed by atoms with Crippen molar-refractivity contribution in [3.8, 4) is 6.07 Å².